The second-order valence-corrected chi connectivity index (χ2v) is 3.82. The third kappa shape index (κ3) is 2.19. The molecule has 0 radical (unpaired) electrons. The predicted molar refractivity (Wildman–Crippen MR) is 71.9 cm³/mol. The Hall–Kier alpha value is -1.75. The summed E-state index contributed by atoms with van der Waals surface area (Å²) in [4.78, 5) is 4.29. The van der Waals surface area contributed by atoms with Crippen molar-refractivity contribution in [1.29, 1.82) is 0 Å². The van der Waals surface area contributed by atoms with Gasteiger partial charge in [0.25, 0.3) is 0 Å². The van der Waals surface area contributed by atoms with E-state index in [1.54, 1.807) is 0 Å². The minimum Gasteiger partial charge on any atom is -0.354 e. The van der Waals surface area contributed by atoms with E-state index in [-0.39, 0.29) is 12.4 Å². The normalized spacial score (nSPS) is 14.1. The molecule has 0 saturated carbocycles. The van der Waals surface area contributed by atoms with Gasteiger partial charge < -0.3 is 10.6 Å². The summed E-state index contributed by atoms with van der Waals surface area (Å²) in [5, 5.41) is 11.8. The second kappa shape index (κ2) is 4.63. The van der Waals surface area contributed by atoms with Crippen molar-refractivity contribution in [3.63, 3.8) is 0 Å². The first-order valence-corrected chi connectivity index (χ1v) is 5.30. The fourth-order valence-electron chi connectivity index (χ4n) is 1.86. The fourth-order valence-corrected chi connectivity index (χ4v) is 1.86. The van der Waals surface area contributed by atoms with E-state index in [0.717, 1.165) is 35.6 Å². The molecule has 0 aliphatic carbocycles. The highest BCUT2D eigenvalue weighted by molar-refractivity contribution is 5.96. The van der Waals surface area contributed by atoms with Gasteiger partial charge in [0, 0.05) is 24.7 Å². The zero-order valence-electron chi connectivity index (χ0n) is 9.47. The number of anilines is 1. The van der Waals surface area contributed by atoms with Gasteiger partial charge in [-0.15, -0.1) is 12.4 Å². The second-order valence-electron chi connectivity index (χ2n) is 3.82. The summed E-state index contributed by atoms with van der Waals surface area (Å²) < 4.78 is 1.87. The maximum absolute atomic E-state index is 4.29. The number of hydrogen-bond acceptors (Lipinski definition) is 4. The number of nitrogens with zero attached hydrogens (tertiary/aromatic N) is 3. The summed E-state index contributed by atoms with van der Waals surface area (Å²) in [7, 11) is 1.94. The maximum Gasteiger partial charge on any atom is 0.195 e. The topological polar surface area (TPSA) is 54.2 Å². The van der Waals surface area contributed by atoms with Crippen molar-refractivity contribution < 1.29 is 0 Å². The molecule has 0 unspecified atom stereocenters. The number of aryl methyl sites for hydroxylation is 1. The van der Waals surface area contributed by atoms with Crippen molar-refractivity contribution in [2.24, 2.45) is 12.0 Å². The number of guanidine groups is 1. The highest BCUT2D eigenvalue weighted by atomic mass is 35.5. The molecule has 5 nitrogen and oxygen atoms in total. The minimum absolute atomic E-state index is 0. The lowest BCUT2D eigenvalue weighted by molar-refractivity contribution is 0.797. The fraction of sp³-hybridized carbons (Fsp3) is 0.273. The van der Waals surface area contributed by atoms with Crippen LogP contribution in [0.1, 0.15) is 0 Å². The molecule has 1 aromatic heterocycles. The van der Waals surface area contributed by atoms with Crippen molar-refractivity contribution in [1.82, 2.24) is 15.1 Å². The van der Waals surface area contributed by atoms with Crippen LogP contribution in [0.4, 0.5) is 5.69 Å². The molecule has 0 spiro atoms. The largest absolute Gasteiger partial charge is 0.354 e. The van der Waals surface area contributed by atoms with Crippen LogP contribution in [0.2, 0.25) is 0 Å². The predicted octanol–water partition coefficient (Wildman–Crippen LogP) is 1.37. The van der Waals surface area contributed by atoms with E-state index in [2.05, 4.69) is 32.9 Å². The molecule has 0 saturated heterocycles. The van der Waals surface area contributed by atoms with Gasteiger partial charge in [-0.2, -0.15) is 5.10 Å². The maximum atomic E-state index is 4.29. The van der Waals surface area contributed by atoms with Crippen LogP contribution in [0.15, 0.2) is 29.4 Å². The van der Waals surface area contributed by atoms with Gasteiger partial charge in [0.1, 0.15) is 0 Å². The average Bonchev–Trinajstić information content (AvgIpc) is 2.90. The van der Waals surface area contributed by atoms with Gasteiger partial charge in [-0.1, -0.05) is 0 Å². The van der Waals surface area contributed by atoms with E-state index in [9.17, 15) is 0 Å². The molecule has 2 aromatic rings. The van der Waals surface area contributed by atoms with Crippen LogP contribution < -0.4 is 10.6 Å². The molecule has 1 aliphatic rings. The Morgan fingerprint density at radius 2 is 2.29 bits per heavy atom. The number of halogens is 1. The zero-order chi connectivity index (χ0) is 11.0. The number of aromatic nitrogens is 2. The summed E-state index contributed by atoms with van der Waals surface area (Å²) >= 11 is 0. The Morgan fingerprint density at radius 1 is 1.41 bits per heavy atom. The SMILES string of the molecule is Cl.Cn1ncc2cc(NC3=NCCN3)ccc21. The third-order valence-corrected chi connectivity index (χ3v) is 2.68. The zero-order valence-corrected chi connectivity index (χ0v) is 10.3. The highest BCUT2D eigenvalue weighted by Crippen LogP contribution is 2.18. The summed E-state index contributed by atoms with van der Waals surface area (Å²) in [6.45, 7) is 1.76. The summed E-state index contributed by atoms with van der Waals surface area (Å²) in [5.41, 5.74) is 2.17. The lowest BCUT2D eigenvalue weighted by Crippen LogP contribution is -2.26. The van der Waals surface area contributed by atoms with Gasteiger partial charge in [-0.3, -0.25) is 9.67 Å². The third-order valence-electron chi connectivity index (χ3n) is 2.68. The molecule has 0 bridgehead atoms. The van der Waals surface area contributed by atoms with Crippen LogP contribution in [0.25, 0.3) is 10.9 Å². The van der Waals surface area contributed by atoms with E-state index >= 15 is 0 Å². The number of fused-ring (bicyclic) bond motifs is 1. The summed E-state index contributed by atoms with van der Waals surface area (Å²) in [5.74, 6) is 0.850. The molecule has 90 valence electrons. The highest BCUT2D eigenvalue weighted by Gasteiger charge is 2.06. The van der Waals surface area contributed by atoms with E-state index in [0.29, 0.717) is 0 Å². The van der Waals surface area contributed by atoms with Crippen molar-refractivity contribution in [2.75, 3.05) is 18.4 Å². The smallest absolute Gasteiger partial charge is 0.195 e. The summed E-state index contributed by atoms with van der Waals surface area (Å²) in [6.07, 6.45) is 1.87. The van der Waals surface area contributed by atoms with Crippen molar-refractivity contribution in [3.8, 4) is 0 Å². The van der Waals surface area contributed by atoms with Crippen molar-refractivity contribution in [2.45, 2.75) is 0 Å². The van der Waals surface area contributed by atoms with Gasteiger partial charge in [-0.25, -0.2) is 0 Å². The van der Waals surface area contributed by atoms with Crippen molar-refractivity contribution in [3.05, 3.63) is 24.4 Å². The van der Waals surface area contributed by atoms with Crippen LogP contribution in [-0.2, 0) is 7.05 Å². The molecule has 2 N–H and O–H groups in total. The van der Waals surface area contributed by atoms with E-state index in [1.165, 1.54) is 0 Å². The number of nitrogens with one attached hydrogen (secondary N) is 2. The molecule has 3 rings (SSSR count). The lowest BCUT2D eigenvalue weighted by atomic mass is 10.2. The van der Waals surface area contributed by atoms with Gasteiger partial charge in [-0.05, 0) is 18.2 Å². The molecule has 1 aliphatic heterocycles. The van der Waals surface area contributed by atoms with Crippen molar-refractivity contribution >= 4 is 35.0 Å². The molecule has 1 aromatic carbocycles. The summed E-state index contributed by atoms with van der Waals surface area (Å²) in [6, 6.07) is 6.16. The Kier molecular flexibility index (Phi) is 3.19. The lowest BCUT2D eigenvalue weighted by Gasteiger charge is -2.06. The van der Waals surface area contributed by atoms with Gasteiger partial charge in [0.05, 0.1) is 18.3 Å². The first-order chi connectivity index (χ1) is 7.83. The molecule has 0 amide bonds. The molecule has 6 heteroatoms. The first kappa shape index (κ1) is 11.7. The van der Waals surface area contributed by atoms with Crippen LogP contribution in [0.5, 0.6) is 0 Å². The van der Waals surface area contributed by atoms with Gasteiger partial charge in [0.15, 0.2) is 5.96 Å². The number of benzene rings is 1. The number of aliphatic imine (C=N–C) groups is 1. The van der Waals surface area contributed by atoms with E-state index in [4.69, 9.17) is 0 Å². The molecule has 0 fully saturated rings. The molecule has 17 heavy (non-hydrogen) atoms. The van der Waals surface area contributed by atoms with E-state index in [1.807, 2.05) is 24.0 Å². The van der Waals surface area contributed by atoms with Gasteiger partial charge in [0.2, 0.25) is 0 Å². The molecular formula is C11H14ClN5. The first-order valence-electron chi connectivity index (χ1n) is 5.30. The van der Waals surface area contributed by atoms with Crippen LogP contribution in [0, 0.1) is 0 Å². The number of hydrogen-bond donors (Lipinski definition) is 2. The quantitative estimate of drug-likeness (QED) is 0.805. The molecule has 0 atom stereocenters. The van der Waals surface area contributed by atoms with Gasteiger partial charge >= 0.3 is 0 Å². The average molecular weight is 252 g/mol. The van der Waals surface area contributed by atoms with Crippen LogP contribution >= 0.6 is 12.4 Å². The Bertz CT molecular complexity index is 560. The Balaban J connectivity index is 0.00000108. The monoisotopic (exact) mass is 251 g/mol. The van der Waals surface area contributed by atoms with Crippen LogP contribution in [-0.4, -0.2) is 28.8 Å². The molecule has 2 heterocycles. The van der Waals surface area contributed by atoms with E-state index < -0.39 is 0 Å². The number of rotatable bonds is 1. The molecular weight excluding hydrogens is 238 g/mol. The minimum atomic E-state index is 0. The standard InChI is InChI=1S/C11H13N5.ClH/c1-16-10-3-2-9(6-8(10)7-14-16)15-11-12-4-5-13-11;/h2-3,6-7H,4-5H2,1H3,(H2,12,13,15);1H. The Morgan fingerprint density at radius 3 is 3.06 bits per heavy atom. The Labute approximate surface area is 105 Å². The van der Waals surface area contributed by atoms with Crippen LogP contribution in [0.3, 0.4) is 0 Å².